The van der Waals surface area contributed by atoms with Gasteiger partial charge in [0, 0.05) is 0 Å². The van der Waals surface area contributed by atoms with Crippen LogP contribution in [0.1, 0.15) is 58.8 Å². The molecule has 4 nitrogen and oxygen atoms in total. The number of carbonyl (C=O) groups is 2. The van der Waals surface area contributed by atoms with E-state index in [4.69, 9.17) is 7.81 Å². The summed E-state index contributed by atoms with van der Waals surface area (Å²) in [7, 11) is 1.37. The Morgan fingerprint density at radius 3 is 2.41 bits per heavy atom. The molecule has 0 aromatic heterocycles. The molecule has 126 valence electrons. The van der Waals surface area contributed by atoms with E-state index in [-0.39, 0.29) is 11.9 Å². The number of rotatable bonds is 9. The van der Waals surface area contributed by atoms with Crippen LogP contribution in [0.3, 0.4) is 0 Å². The Hall–Kier alpha value is -0.521. The first-order chi connectivity index (χ1) is 10.6. The fourth-order valence-electron chi connectivity index (χ4n) is 2.84. The molecular weight excluding hydrogens is 387 g/mol. The molecular formula is C17H30O4Sn. The van der Waals surface area contributed by atoms with Gasteiger partial charge in [-0.2, -0.15) is 0 Å². The van der Waals surface area contributed by atoms with Crippen molar-refractivity contribution in [3.8, 4) is 0 Å². The summed E-state index contributed by atoms with van der Waals surface area (Å²) in [5.74, 6) is -0.941. The van der Waals surface area contributed by atoms with E-state index in [2.05, 4.69) is 13.8 Å². The molecule has 0 spiro atoms. The molecule has 0 radical (unpaired) electrons. The van der Waals surface area contributed by atoms with E-state index in [0.717, 1.165) is 47.4 Å². The van der Waals surface area contributed by atoms with Gasteiger partial charge in [0.05, 0.1) is 0 Å². The van der Waals surface area contributed by atoms with Gasteiger partial charge in [-0.05, 0) is 0 Å². The first-order valence-electron chi connectivity index (χ1n) is 8.62. The summed E-state index contributed by atoms with van der Waals surface area (Å²) in [5, 5.41) is 0. The van der Waals surface area contributed by atoms with E-state index in [1.807, 2.05) is 6.08 Å². The Morgan fingerprint density at radius 1 is 1.23 bits per heavy atom. The molecule has 1 unspecified atom stereocenters. The van der Waals surface area contributed by atoms with E-state index in [9.17, 15) is 9.59 Å². The van der Waals surface area contributed by atoms with Crippen molar-refractivity contribution in [2.45, 2.75) is 67.7 Å². The second kappa shape index (κ2) is 11.1. The number of unbranched alkanes of at least 4 members (excludes halogenated alkanes) is 2. The summed E-state index contributed by atoms with van der Waals surface area (Å²) >= 11 is -2.25. The zero-order valence-electron chi connectivity index (χ0n) is 14.2. The Kier molecular flexibility index (Phi) is 9.84. The Labute approximate surface area is 141 Å². The fraction of sp³-hybridized carbons (Fsp3) is 0.765. The Morgan fingerprint density at radius 2 is 1.86 bits per heavy atom. The Balaban J connectivity index is 2.67. The molecule has 0 aliphatic heterocycles. The predicted molar refractivity (Wildman–Crippen MR) is 90.1 cm³/mol. The van der Waals surface area contributed by atoms with Crippen molar-refractivity contribution >= 4 is 32.1 Å². The SMILES string of the molecule is CCC[CH2][SnH]([CH2]CCC)[O]C(=O)C1CCCC=C1C(=O)OC. The number of methoxy groups -OCH3 is 1. The van der Waals surface area contributed by atoms with Crippen molar-refractivity contribution in [3.63, 3.8) is 0 Å². The molecule has 1 aliphatic carbocycles. The molecule has 0 heterocycles. The van der Waals surface area contributed by atoms with Gasteiger partial charge in [0.2, 0.25) is 0 Å². The molecule has 22 heavy (non-hydrogen) atoms. The molecule has 0 N–H and O–H groups in total. The Bertz CT molecular complexity index is 384. The summed E-state index contributed by atoms with van der Waals surface area (Å²) in [6, 6.07) is 0. The van der Waals surface area contributed by atoms with Crippen LogP contribution < -0.4 is 0 Å². The second-order valence-electron chi connectivity index (χ2n) is 5.98. The average molecular weight is 417 g/mol. The summed E-state index contributed by atoms with van der Waals surface area (Å²) < 4.78 is 13.0. The molecule has 0 saturated carbocycles. The summed E-state index contributed by atoms with van der Waals surface area (Å²) in [4.78, 5) is 24.4. The molecule has 0 aromatic carbocycles. The average Bonchev–Trinajstić information content (AvgIpc) is 2.56. The third-order valence-corrected chi connectivity index (χ3v) is 11.8. The maximum atomic E-state index is 12.5. The first-order valence-corrected chi connectivity index (χ1v) is 14.6. The van der Waals surface area contributed by atoms with Crippen LogP contribution in [0.15, 0.2) is 11.6 Å². The van der Waals surface area contributed by atoms with Crippen LogP contribution in [0.5, 0.6) is 0 Å². The molecule has 0 aromatic rings. The van der Waals surface area contributed by atoms with Gasteiger partial charge in [0.1, 0.15) is 0 Å². The molecule has 0 bridgehead atoms. The van der Waals surface area contributed by atoms with Crippen molar-refractivity contribution in [3.05, 3.63) is 11.6 Å². The van der Waals surface area contributed by atoms with Crippen LogP contribution in [0.2, 0.25) is 8.87 Å². The van der Waals surface area contributed by atoms with Gasteiger partial charge in [-0.15, -0.1) is 0 Å². The molecule has 1 aliphatic rings. The van der Waals surface area contributed by atoms with Gasteiger partial charge in [-0.1, -0.05) is 0 Å². The van der Waals surface area contributed by atoms with Crippen LogP contribution in [-0.2, 0) is 17.4 Å². The quantitative estimate of drug-likeness (QED) is 0.424. The zero-order chi connectivity index (χ0) is 16.4. The van der Waals surface area contributed by atoms with Gasteiger partial charge in [-0.3, -0.25) is 0 Å². The van der Waals surface area contributed by atoms with Crippen molar-refractivity contribution in [2.75, 3.05) is 7.11 Å². The van der Waals surface area contributed by atoms with E-state index < -0.39 is 26.1 Å². The van der Waals surface area contributed by atoms with Crippen molar-refractivity contribution in [2.24, 2.45) is 5.92 Å². The standard InChI is InChI=1S/C9H12O4.2C4H9.Sn.H/c1-13-9(12)7-5-3-2-4-6(7)8(10)11;2*1-3-4-2;;/h5-6H,2-4H2,1H3,(H,10,11);2*1,3-4H2,2H3;;/q;;;+1;/p-1. The van der Waals surface area contributed by atoms with Gasteiger partial charge in [0.25, 0.3) is 0 Å². The monoisotopic (exact) mass is 418 g/mol. The minimum absolute atomic E-state index is 0.163. The molecule has 0 saturated heterocycles. The van der Waals surface area contributed by atoms with Crippen molar-refractivity contribution in [1.82, 2.24) is 0 Å². The molecule has 0 amide bonds. The van der Waals surface area contributed by atoms with Gasteiger partial charge < -0.3 is 0 Å². The number of esters is 1. The number of hydrogen-bond donors (Lipinski definition) is 0. The van der Waals surface area contributed by atoms with E-state index in [0.29, 0.717) is 12.0 Å². The molecule has 0 fully saturated rings. The van der Waals surface area contributed by atoms with E-state index in [1.54, 1.807) is 0 Å². The number of hydrogen-bond acceptors (Lipinski definition) is 4. The van der Waals surface area contributed by atoms with Crippen LogP contribution in [-0.4, -0.2) is 39.2 Å². The maximum absolute atomic E-state index is 12.5. The predicted octanol–water partition coefficient (Wildman–Crippen LogP) is 3.75. The van der Waals surface area contributed by atoms with Crippen LogP contribution in [0.4, 0.5) is 0 Å². The molecule has 5 heteroatoms. The number of carbonyl (C=O) groups excluding carboxylic acids is 2. The van der Waals surface area contributed by atoms with Crippen LogP contribution >= 0.6 is 0 Å². The summed E-state index contributed by atoms with van der Waals surface area (Å²) in [5.41, 5.74) is 0.509. The summed E-state index contributed by atoms with van der Waals surface area (Å²) in [6.45, 7) is 4.34. The third kappa shape index (κ3) is 6.31. The zero-order valence-corrected chi connectivity index (χ0v) is 17.5. The van der Waals surface area contributed by atoms with E-state index in [1.165, 1.54) is 7.11 Å². The van der Waals surface area contributed by atoms with Gasteiger partial charge >= 0.3 is 142 Å². The second-order valence-corrected chi connectivity index (χ2v) is 13.5. The normalized spacial score (nSPS) is 18.0. The topological polar surface area (TPSA) is 52.6 Å². The van der Waals surface area contributed by atoms with Gasteiger partial charge in [-0.25, -0.2) is 0 Å². The van der Waals surface area contributed by atoms with Gasteiger partial charge in [0.15, 0.2) is 0 Å². The summed E-state index contributed by atoms with van der Waals surface area (Å²) in [6.07, 6.45) is 8.94. The molecule has 1 rings (SSSR count). The fourth-order valence-corrected chi connectivity index (χ4v) is 10.7. The van der Waals surface area contributed by atoms with Crippen LogP contribution in [0, 0.1) is 5.92 Å². The molecule has 1 atom stereocenters. The van der Waals surface area contributed by atoms with Crippen molar-refractivity contribution < 1.29 is 17.4 Å². The first kappa shape index (κ1) is 19.5. The third-order valence-electron chi connectivity index (χ3n) is 4.18. The minimum atomic E-state index is -2.25. The van der Waals surface area contributed by atoms with Crippen LogP contribution in [0.25, 0.3) is 0 Å². The number of allylic oxidation sites excluding steroid dienone is 1. The van der Waals surface area contributed by atoms with Crippen molar-refractivity contribution in [1.29, 1.82) is 0 Å². The number of ether oxygens (including phenoxy) is 1. The van der Waals surface area contributed by atoms with E-state index >= 15 is 0 Å².